The minimum atomic E-state index is 0.369. The van der Waals surface area contributed by atoms with Crippen molar-refractivity contribution in [1.82, 2.24) is 0 Å². The molecular weight excluding hydrogens is 112 g/mol. The topological polar surface area (TPSA) is 24.7 Å². The van der Waals surface area contributed by atoms with Gasteiger partial charge in [-0.1, -0.05) is 13.0 Å². The highest BCUT2D eigenvalue weighted by atomic mass is 15.1. The Hall–Kier alpha value is -0.660. The summed E-state index contributed by atoms with van der Waals surface area (Å²) in [5, 5.41) is 8.00. The molecule has 0 N–H and O–H groups in total. The van der Waals surface area contributed by atoms with Gasteiger partial charge in [0.15, 0.2) is 0 Å². The lowest BCUT2D eigenvalue weighted by Gasteiger charge is -2.14. The predicted molar refractivity (Wildman–Crippen MR) is 37.2 cm³/mol. The van der Waals surface area contributed by atoms with Gasteiger partial charge in [0.1, 0.15) is 0 Å². The fourth-order valence-electron chi connectivity index (χ4n) is 0.840. The van der Waals surface area contributed by atoms with Crippen LogP contribution in [0.1, 0.15) is 20.8 Å². The lowest BCUT2D eigenvalue weighted by Crippen LogP contribution is -2.11. The highest BCUT2D eigenvalue weighted by molar-refractivity contribution is 5.02. The highest BCUT2D eigenvalue weighted by Gasteiger charge is 2.11. The van der Waals surface area contributed by atoms with E-state index in [2.05, 4.69) is 30.2 Å². The zero-order valence-electron chi connectivity index (χ0n) is 6.13. The molecule has 2 atom stereocenters. The highest BCUT2D eigenvalue weighted by Crippen LogP contribution is 2.17. The van der Waals surface area contributed by atoms with E-state index in [-0.39, 0.29) is 0 Å². The molecule has 0 saturated heterocycles. The first kappa shape index (κ1) is 6.46. The van der Waals surface area contributed by atoms with E-state index in [1.165, 1.54) is 0 Å². The second kappa shape index (κ2) is 2.29. The van der Waals surface area contributed by atoms with Crippen molar-refractivity contribution in [1.29, 1.82) is 0 Å². The van der Waals surface area contributed by atoms with E-state index in [9.17, 15) is 0 Å². The maximum atomic E-state index is 4.05. The van der Waals surface area contributed by atoms with E-state index in [0.29, 0.717) is 12.0 Å². The summed E-state index contributed by atoms with van der Waals surface area (Å²) in [5.74, 6) is 0.558. The van der Waals surface area contributed by atoms with Crippen LogP contribution in [0.3, 0.4) is 0 Å². The van der Waals surface area contributed by atoms with Crippen molar-refractivity contribution < 1.29 is 0 Å². The van der Waals surface area contributed by atoms with Crippen molar-refractivity contribution in [2.24, 2.45) is 16.1 Å². The molecule has 1 aliphatic heterocycles. The van der Waals surface area contributed by atoms with Gasteiger partial charge in [-0.25, -0.2) is 0 Å². The quantitative estimate of drug-likeness (QED) is 0.473. The number of azo groups is 1. The van der Waals surface area contributed by atoms with Crippen LogP contribution in [0.25, 0.3) is 0 Å². The summed E-state index contributed by atoms with van der Waals surface area (Å²) in [6.45, 7) is 6.22. The maximum absolute atomic E-state index is 4.05. The molecule has 0 aromatic carbocycles. The van der Waals surface area contributed by atoms with Gasteiger partial charge in [-0.2, -0.15) is 10.2 Å². The van der Waals surface area contributed by atoms with Crippen molar-refractivity contribution in [3.63, 3.8) is 0 Å². The van der Waals surface area contributed by atoms with Gasteiger partial charge < -0.3 is 0 Å². The molecule has 0 aromatic heterocycles. The van der Waals surface area contributed by atoms with Crippen LogP contribution < -0.4 is 0 Å². The number of hydrogen-bond donors (Lipinski definition) is 0. The summed E-state index contributed by atoms with van der Waals surface area (Å²) in [6.07, 6.45) is 2.15. The lowest BCUT2D eigenvalue weighted by molar-refractivity contribution is 0.536. The van der Waals surface area contributed by atoms with E-state index < -0.39 is 0 Å². The van der Waals surface area contributed by atoms with Crippen molar-refractivity contribution in [3.8, 4) is 0 Å². The molecule has 0 bridgehead atoms. The molecule has 0 aromatic rings. The number of allylic oxidation sites excluding steroid dienone is 1. The van der Waals surface area contributed by atoms with E-state index in [0.717, 1.165) is 5.70 Å². The Bertz CT molecular complexity index is 158. The van der Waals surface area contributed by atoms with Gasteiger partial charge in [0, 0.05) is 5.92 Å². The summed E-state index contributed by atoms with van der Waals surface area (Å²) in [5.41, 5.74) is 1.04. The molecule has 9 heavy (non-hydrogen) atoms. The minimum absolute atomic E-state index is 0.369. The Morgan fingerprint density at radius 1 is 1.44 bits per heavy atom. The van der Waals surface area contributed by atoms with Gasteiger partial charge >= 0.3 is 0 Å². The summed E-state index contributed by atoms with van der Waals surface area (Å²) < 4.78 is 0. The number of nitrogens with zero attached hydrogens (tertiary/aromatic N) is 2. The van der Waals surface area contributed by atoms with Gasteiger partial charge in [-0.3, -0.25) is 0 Å². The SMILES string of the molecule is CC1=CC(C)C(C)N=N1. The van der Waals surface area contributed by atoms with Gasteiger partial charge in [0.05, 0.1) is 11.7 Å². The summed E-state index contributed by atoms with van der Waals surface area (Å²) in [4.78, 5) is 0. The monoisotopic (exact) mass is 124 g/mol. The molecule has 0 radical (unpaired) electrons. The van der Waals surface area contributed by atoms with E-state index in [1.807, 2.05) is 6.92 Å². The molecule has 1 rings (SSSR count). The largest absolute Gasteiger partial charge is 0.185 e. The van der Waals surface area contributed by atoms with E-state index in [4.69, 9.17) is 0 Å². The van der Waals surface area contributed by atoms with Crippen LogP contribution in [-0.4, -0.2) is 6.04 Å². The van der Waals surface area contributed by atoms with E-state index in [1.54, 1.807) is 0 Å². The molecule has 2 unspecified atom stereocenters. The fraction of sp³-hybridized carbons (Fsp3) is 0.714. The Morgan fingerprint density at radius 2 is 2.11 bits per heavy atom. The molecule has 50 valence electrons. The normalized spacial score (nSPS) is 34.3. The van der Waals surface area contributed by atoms with E-state index >= 15 is 0 Å². The van der Waals surface area contributed by atoms with Crippen molar-refractivity contribution in [3.05, 3.63) is 11.8 Å². The molecule has 0 aliphatic carbocycles. The molecule has 2 heteroatoms. The summed E-state index contributed by atoms with van der Waals surface area (Å²) in [6, 6.07) is 0.369. The van der Waals surface area contributed by atoms with Crippen LogP contribution >= 0.6 is 0 Å². The smallest absolute Gasteiger partial charge is 0.0745 e. The lowest BCUT2D eigenvalue weighted by atomic mass is 10.0. The van der Waals surface area contributed by atoms with Gasteiger partial charge in [-0.15, -0.1) is 0 Å². The average molecular weight is 124 g/mol. The van der Waals surface area contributed by atoms with Crippen LogP contribution in [0.15, 0.2) is 22.0 Å². The van der Waals surface area contributed by atoms with Gasteiger partial charge in [0.25, 0.3) is 0 Å². The van der Waals surface area contributed by atoms with Gasteiger partial charge in [-0.05, 0) is 13.8 Å². The molecule has 1 aliphatic rings. The second-order valence-electron chi connectivity index (χ2n) is 2.62. The fourth-order valence-corrected chi connectivity index (χ4v) is 0.840. The Labute approximate surface area is 55.7 Å². The van der Waals surface area contributed by atoms with Crippen molar-refractivity contribution >= 4 is 0 Å². The molecule has 0 fully saturated rings. The Kier molecular flexibility index (Phi) is 1.65. The first-order chi connectivity index (χ1) is 4.20. The third-order valence-corrected chi connectivity index (χ3v) is 1.66. The number of hydrogen-bond acceptors (Lipinski definition) is 2. The van der Waals surface area contributed by atoms with Crippen molar-refractivity contribution in [2.45, 2.75) is 26.8 Å². The molecule has 1 heterocycles. The van der Waals surface area contributed by atoms with Crippen molar-refractivity contribution in [2.75, 3.05) is 0 Å². The second-order valence-corrected chi connectivity index (χ2v) is 2.62. The molecular formula is C7H12N2. The zero-order chi connectivity index (χ0) is 6.85. The Balaban J connectivity index is 2.70. The average Bonchev–Trinajstić information content (AvgIpc) is 1.80. The van der Waals surface area contributed by atoms with Crippen LogP contribution in [-0.2, 0) is 0 Å². The molecule has 0 spiro atoms. The zero-order valence-corrected chi connectivity index (χ0v) is 6.13. The van der Waals surface area contributed by atoms with Crippen LogP contribution in [0.2, 0.25) is 0 Å². The molecule has 0 amide bonds. The van der Waals surface area contributed by atoms with Gasteiger partial charge in [0.2, 0.25) is 0 Å². The first-order valence-electron chi connectivity index (χ1n) is 3.29. The van der Waals surface area contributed by atoms with Crippen LogP contribution in [0, 0.1) is 5.92 Å². The predicted octanol–water partition coefficient (Wildman–Crippen LogP) is 2.38. The third-order valence-electron chi connectivity index (χ3n) is 1.66. The molecule has 2 nitrogen and oxygen atoms in total. The third kappa shape index (κ3) is 1.37. The first-order valence-corrected chi connectivity index (χ1v) is 3.29. The molecule has 0 saturated carbocycles. The standard InChI is InChI=1S/C7H12N2/c1-5-4-6(2)8-9-7(5)3/h4-5,7H,1-3H3. The van der Waals surface area contributed by atoms with Crippen LogP contribution in [0.4, 0.5) is 0 Å². The summed E-state index contributed by atoms with van der Waals surface area (Å²) in [7, 11) is 0. The maximum Gasteiger partial charge on any atom is 0.0745 e. The van der Waals surface area contributed by atoms with Crippen LogP contribution in [0.5, 0.6) is 0 Å². The minimum Gasteiger partial charge on any atom is -0.185 e. The number of rotatable bonds is 0. The summed E-state index contributed by atoms with van der Waals surface area (Å²) >= 11 is 0. The Morgan fingerprint density at radius 3 is 2.56 bits per heavy atom.